The first kappa shape index (κ1) is 18.9. The smallest absolute Gasteiger partial charge is 0.416 e. The average Bonchev–Trinajstić information content (AvgIpc) is 2.56. The van der Waals surface area contributed by atoms with Gasteiger partial charge in [-0.1, -0.05) is 11.6 Å². The predicted molar refractivity (Wildman–Crippen MR) is 88.2 cm³/mol. The summed E-state index contributed by atoms with van der Waals surface area (Å²) < 4.78 is 48.7. The summed E-state index contributed by atoms with van der Waals surface area (Å²) in [6, 6.07) is 9.23. The standard InChI is InChI=1S/C17H15ClF3NO3/c1-10(25-13-6-4-12(24-2)5-7-13)16(23)22-15-9-11(17(19,20)21)3-8-14(15)18/h3-10H,1-2H3,(H,22,23)/t10-/m1/s1. The molecule has 4 nitrogen and oxygen atoms in total. The van der Waals surface area contributed by atoms with E-state index in [9.17, 15) is 18.0 Å². The van der Waals surface area contributed by atoms with Crippen molar-refractivity contribution in [2.24, 2.45) is 0 Å². The van der Waals surface area contributed by atoms with E-state index in [1.54, 1.807) is 24.3 Å². The lowest BCUT2D eigenvalue weighted by Crippen LogP contribution is -2.30. The molecule has 0 saturated heterocycles. The highest BCUT2D eigenvalue weighted by Crippen LogP contribution is 2.33. The summed E-state index contributed by atoms with van der Waals surface area (Å²) in [5, 5.41) is 2.34. The molecule has 2 aromatic carbocycles. The van der Waals surface area contributed by atoms with Crippen LogP contribution in [0.3, 0.4) is 0 Å². The summed E-state index contributed by atoms with van der Waals surface area (Å²) in [5.41, 5.74) is -1.04. The number of carbonyl (C=O) groups is 1. The fraction of sp³-hybridized carbons (Fsp3) is 0.235. The number of hydrogen-bond donors (Lipinski definition) is 1. The molecular weight excluding hydrogens is 359 g/mol. The molecule has 0 bridgehead atoms. The van der Waals surface area contributed by atoms with Gasteiger partial charge in [0.25, 0.3) is 5.91 Å². The SMILES string of the molecule is COc1ccc(O[C@H](C)C(=O)Nc2cc(C(F)(F)F)ccc2Cl)cc1. The molecule has 2 aromatic rings. The average molecular weight is 374 g/mol. The van der Waals surface area contributed by atoms with E-state index in [1.807, 2.05) is 0 Å². The van der Waals surface area contributed by atoms with Crippen molar-refractivity contribution >= 4 is 23.2 Å². The summed E-state index contributed by atoms with van der Waals surface area (Å²) in [6.07, 6.45) is -5.48. The summed E-state index contributed by atoms with van der Waals surface area (Å²) in [7, 11) is 1.52. The first-order valence-electron chi connectivity index (χ1n) is 7.19. The van der Waals surface area contributed by atoms with E-state index in [4.69, 9.17) is 21.1 Å². The van der Waals surface area contributed by atoms with Gasteiger partial charge in [-0.15, -0.1) is 0 Å². The molecule has 0 spiro atoms. The van der Waals surface area contributed by atoms with E-state index in [0.717, 1.165) is 18.2 Å². The Kier molecular flexibility index (Phi) is 5.79. The number of halogens is 4. The minimum atomic E-state index is -4.53. The monoisotopic (exact) mass is 373 g/mol. The zero-order chi connectivity index (χ0) is 18.6. The highest BCUT2D eigenvalue weighted by atomic mass is 35.5. The third kappa shape index (κ3) is 5.03. The van der Waals surface area contributed by atoms with Gasteiger partial charge < -0.3 is 14.8 Å². The van der Waals surface area contributed by atoms with E-state index in [-0.39, 0.29) is 10.7 Å². The van der Waals surface area contributed by atoms with Gasteiger partial charge in [0.05, 0.1) is 23.4 Å². The zero-order valence-electron chi connectivity index (χ0n) is 13.4. The van der Waals surface area contributed by atoms with Crippen LogP contribution in [0.2, 0.25) is 5.02 Å². The molecule has 0 aliphatic carbocycles. The second kappa shape index (κ2) is 7.65. The number of benzene rings is 2. The predicted octanol–water partition coefficient (Wildman–Crippen LogP) is 4.77. The topological polar surface area (TPSA) is 47.6 Å². The number of alkyl halides is 3. The van der Waals surface area contributed by atoms with Gasteiger partial charge in [0.1, 0.15) is 11.5 Å². The van der Waals surface area contributed by atoms with Crippen molar-refractivity contribution in [3.63, 3.8) is 0 Å². The van der Waals surface area contributed by atoms with E-state index in [2.05, 4.69) is 5.32 Å². The second-order valence-electron chi connectivity index (χ2n) is 5.12. The van der Waals surface area contributed by atoms with Crippen molar-refractivity contribution in [1.29, 1.82) is 0 Å². The maximum atomic E-state index is 12.8. The third-order valence-corrected chi connectivity index (χ3v) is 3.62. The van der Waals surface area contributed by atoms with Crippen LogP contribution >= 0.6 is 11.6 Å². The molecule has 1 atom stereocenters. The Bertz CT molecular complexity index is 748. The highest BCUT2D eigenvalue weighted by molar-refractivity contribution is 6.33. The molecule has 0 fully saturated rings. The number of nitrogens with one attached hydrogen (secondary N) is 1. The quantitative estimate of drug-likeness (QED) is 0.821. The van der Waals surface area contributed by atoms with Crippen molar-refractivity contribution in [3.8, 4) is 11.5 Å². The van der Waals surface area contributed by atoms with Gasteiger partial charge in [-0.3, -0.25) is 4.79 Å². The maximum Gasteiger partial charge on any atom is 0.416 e. The largest absolute Gasteiger partial charge is 0.497 e. The van der Waals surface area contributed by atoms with E-state index in [1.165, 1.54) is 14.0 Å². The molecule has 2 rings (SSSR count). The van der Waals surface area contributed by atoms with Crippen LogP contribution in [0, 0.1) is 0 Å². The fourth-order valence-corrected chi connectivity index (χ4v) is 2.11. The molecule has 0 heterocycles. The molecule has 0 aromatic heterocycles. The Morgan fingerprint density at radius 3 is 2.28 bits per heavy atom. The first-order chi connectivity index (χ1) is 11.7. The zero-order valence-corrected chi connectivity index (χ0v) is 14.1. The van der Waals surface area contributed by atoms with Crippen molar-refractivity contribution in [3.05, 3.63) is 53.1 Å². The molecule has 25 heavy (non-hydrogen) atoms. The van der Waals surface area contributed by atoms with Gasteiger partial charge in [0.15, 0.2) is 6.10 Å². The van der Waals surface area contributed by atoms with Gasteiger partial charge in [0, 0.05) is 0 Å². The Balaban J connectivity index is 2.07. The van der Waals surface area contributed by atoms with Crippen molar-refractivity contribution in [1.82, 2.24) is 0 Å². The summed E-state index contributed by atoms with van der Waals surface area (Å²) in [6.45, 7) is 1.47. The van der Waals surface area contributed by atoms with Gasteiger partial charge in [0.2, 0.25) is 0 Å². The van der Waals surface area contributed by atoms with Crippen molar-refractivity contribution in [2.45, 2.75) is 19.2 Å². The number of ether oxygens (including phenoxy) is 2. The molecule has 0 unspecified atom stereocenters. The van der Waals surface area contributed by atoms with E-state index < -0.39 is 23.8 Å². The molecule has 134 valence electrons. The third-order valence-electron chi connectivity index (χ3n) is 3.29. The van der Waals surface area contributed by atoms with Crippen LogP contribution in [0.4, 0.5) is 18.9 Å². The normalized spacial score (nSPS) is 12.4. The van der Waals surface area contributed by atoms with Crippen LogP contribution in [-0.2, 0) is 11.0 Å². The Morgan fingerprint density at radius 2 is 1.72 bits per heavy atom. The number of amides is 1. The van der Waals surface area contributed by atoms with Crippen LogP contribution in [0.25, 0.3) is 0 Å². The summed E-state index contributed by atoms with van der Waals surface area (Å²) in [5.74, 6) is 0.413. The Hall–Kier alpha value is -2.41. The number of hydrogen-bond acceptors (Lipinski definition) is 3. The minimum absolute atomic E-state index is 0.00185. The number of methoxy groups -OCH3 is 1. The molecule has 1 N–H and O–H groups in total. The van der Waals surface area contributed by atoms with E-state index >= 15 is 0 Å². The highest BCUT2D eigenvalue weighted by Gasteiger charge is 2.31. The van der Waals surface area contributed by atoms with Crippen LogP contribution in [0.1, 0.15) is 12.5 Å². The minimum Gasteiger partial charge on any atom is -0.497 e. The maximum absolute atomic E-state index is 12.8. The molecular formula is C17H15ClF3NO3. The van der Waals surface area contributed by atoms with Crippen LogP contribution in [0.15, 0.2) is 42.5 Å². The van der Waals surface area contributed by atoms with Gasteiger partial charge in [-0.25, -0.2) is 0 Å². The summed E-state index contributed by atoms with van der Waals surface area (Å²) in [4.78, 5) is 12.2. The fourth-order valence-electron chi connectivity index (χ4n) is 1.94. The number of anilines is 1. The van der Waals surface area contributed by atoms with Gasteiger partial charge in [-0.2, -0.15) is 13.2 Å². The lowest BCUT2D eigenvalue weighted by atomic mass is 10.2. The van der Waals surface area contributed by atoms with E-state index in [0.29, 0.717) is 11.5 Å². The lowest BCUT2D eigenvalue weighted by Gasteiger charge is -2.16. The molecule has 8 heteroatoms. The summed E-state index contributed by atoms with van der Waals surface area (Å²) >= 11 is 5.85. The van der Waals surface area contributed by atoms with Crippen molar-refractivity contribution < 1.29 is 27.4 Å². The van der Waals surface area contributed by atoms with Crippen LogP contribution in [0.5, 0.6) is 11.5 Å². The van der Waals surface area contributed by atoms with Gasteiger partial charge in [-0.05, 0) is 49.4 Å². The Labute approximate surface area is 147 Å². The molecule has 1 amide bonds. The molecule has 0 saturated carbocycles. The Morgan fingerprint density at radius 1 is 1.12 bits per heavy atom. The van der Waals surface area contributed by atoms with Gasteiger partial charge >= 0.3 is 6.18 Å². The second-order valence-corrected chi connectivity index (χ2v) is 5.52. The lowest BCUT2D eigenvalue weighted by molar-refractivity contribution is -0.137. The van der Waals surface area contributed by atoms with Crippen molar-refractivity contribution in [2.75, 3.05) is 12.4 Å². The van der Waals surface area contributed by atoms with Crippen LogP contribution < -0.4 is 14.8 Å². The molecule has 0 aliphatic heterocycles. The number of carbonyl (C=O) groups excluding carboxylic acids is 1. The molecule has 0 radical (unpaired) electrons. The first-order valence-corrected chi connectivity index (χ1v) is 7.57. The number of rotatable bonds is 5. The van der Waals surface area contributed by atoms with Crippen LogP contribution in [-0.4, -0.2) is 19.1 Å². The molecule has 0 aliphatic rings.